The molecule has 0 aliphatic carbocycles. The molecule has 5 heterocycles. The lowest BCUT2D eigenvalue weighted by molar-refractivity contribution is 0.0699. The van der Waals surface area contributed by atoms with Crippen molar-refractivity contribution in [2.24, 2.45) is 0 Å². The SMILES string of the molecule is Cc1nc2cnc(N(C)C3CCN(C(C)CF)CC3)c(C#N)c2c(=O)n1CC#Cc1ccc(Cl)cc1-c1ccnc2c(C(=O)O)csc12. The van der Waals surface area contributed by atoms with E-state index in [1.54, 1.807) is 42.8 Å². The Labute approximate surface area is 285 Å². The summed E-state index contributed by atoms with van der Waals surface area (Å²) in [4.78, 5) is 43.2. The summed E-state index contributed by atoms with van der Waals surface area (Å²) in [5.74, 6) is 6.04. The van der Waals surface area contributed by atoms with Gasteiger partial charge in [-0.1, -0.05) is 23.4 Å². The van der Waals surface area contributed by atoms with Gasteiger partial charge in [0.05, 0.1) is 39.4 Å². The van der Waals surface area contributed by atoms with Crippen molar-refractivity contribution in [3.05, 3.63) is 79.9 Å². The molecule has 10 nitrogen and oxygen atoms in total. The van der Waals surface area contributed by atoms with Gasteiger partial charge in [-0.3, -0.25) is 19.2 Å². The highest BCUT2D eigenvalue weighted by Crippen LogP contribution is 2.36. The van der Waals surface area contributed by atoms with Gasteiger partial charge >= 0.3 is 5.97 Å². The second kappa shape index (κ2) is 13.7. The summed E-state index contributed by atoms with van der Waals surface area (Å²) >= 11 is 7.66. The molecule has 0 spiro atoms. The molecule has 1 atom stereocenters. The van der Waals surface area contributed by atoms with Crippen LogP contribution in [0, 0.1) is 30.1 Å². The molecular formula is C35H31ClFN7O3S. The number of carbonyl (C=O) groups is 1. The van der Waals surface area contributed by atoms with Crippen molar-refractivity contribution in [2.45, 2.75) is 45.3 Å². The third kappa shape index (κ3) is 6.11. The number of hydrogen-bond acceptors (Lipinski definition) is 9. The largest absolute Gasteiger partial charge is 0.478 e. The first-order valence-electron chi connectivity index (χ1n) is 15.3. The number of likely N-dealkylation sites (tertiary alicyclic amines) is 1. The average molecular weight is 684 g/mol. The van der Waals surface area contributed by atoms with E-state index in [4.69, 9.17) is 11.6 Å². The molecule has 0 saturated carbocycles. The Kier molecular flexibility index (Phi) is 9.42. The van der Waals surface area contributed by atoms with E-state index >= 15 is 0 Å². The number of piperidine rings is 1. The van der Waals surface area contributed by atoms with Gasteiger partial charge in [-0.25, -0.2) is 19.2 Å². The number of aromatic carboxylic acids is 1. The predicted molar refractivity (Wildman–Crippen MR) is 186 cm³/mol. The van der Waals surface area contributed by atoms with Gasteiger partial charge in [-0.05, 0) is 51.0 Å². The summed E-state index contributed by atoms with van der Waals surface area (Å²) < 4.78 is 15.4. The number of halogens is 2. The van der Waals surface area contributed by atoms with E-state index in [9.17, 15) is 24.3 Å². The van der Waals surface area contributed by atoms with Crippen molar-refractivity contribution in [1.82, 2.24) is 24.4 Å². The van der Waals surface area contributed by atoms with Crippen molar-refractivity contribution >= 4 is 55.8 Å². The molecule has 1 aromatic carbocycles. The van der Waals surface area contributed by atoms with Crippen LogP contribution in [0.25, 0.3) is 32.2 Å². The number of alkyl halides is 1. The maximum Gasteiger partial charge on any atom is 0.338 e. The number of carboxylic acids is 1. The molecule has 0 radical (unpaired) electrons. The van der Waals surface area contributed by atoms with Gasteiger partial charge in [0.25, 0.3) is 5.56 Å². The highest BCUT2D eigenvalue weighted by atomic mass is 35.5. The molecule has 4 aromatic heterocycles. The Hall–Kier alpha value is -4.88. The lowest BCUT2D eigenvalue weighted by Gasteiger charge is -2.39. The maximum atomic E-state index is 14.0. The van der Waals surface area contributed by atoms with Gasteiger partial charge in [-0.15, -0.1) is 11.3 Å². The smallest absolute Gasteiger partial charge is 0.338 e. The number of fused-ring (bicyclic) bond motifs is 2. The number of anilines is 1. The van der Waals surface area contributed by atoms with Gasteiger partial charge in [0, 0.05) is 65.5 Å². The number of aromatic nitrogens is 4. The van der Waals surface area contributed by atoms with E-state index in [0.717, 1.165) is 31.5 Å². The average Bonchev–Trinajstić information content (AvgIpc) is 3.54. The van der Waals surface area contributed by atoms with Crippen molar-refractivity contribution < 1.29 is 14.3 Å². The number of benzene rings is 1. The van der Waals surface area contributed by atoms with E-state index < -0.39 is 12.6 Å². The number of hydrogen-bond donors (Lipinski definition) is 1. The fourth-order valence-electron chi connectivity index (χ4n) is 6.21. The van der Waals surface area contributed by atoms with Crippen LogP contribution in [0.3, 0.4) is 0 Å². The summed E-state index contributed by atoms with van der Waals surface area (Å²) in [7, 11) is 1.87. The van der Waals surface area contributed by atoms with Gasteiger partial charge in [0.2, 0.25) is 0 Å². The minimum atomic E-state index is -1.05. The van der Waals surface area contributed by atoms with Gasteiger partial charge in [0.15, 0.2) is 0 Å². The van der Waals surface area contributed by atoms with E-state index in [1.807, 2.05) is 18.9 Å². The fraction of sp³-hybridized carbons (Fsp3) is 0.314. The molecule has 1 saturated heterocycles. The zero-order valence-electron chi connectivity index (χ0n) is 26.5. The van der Waals surface area contributed by atoms with Crippen molar-refractivity contribution in [2.75, 3.05) is 31.7 Å². The lowest BCUT2D eigenvalue weighted by atomic mass is 10.00. The molecule has 1 unspecified atom stereocenters. The number of nitrogens with zero attached hydrogens (tertiary/aromatic N) is 7. The Morgan fingerprint density at radius 2 is 2.02 bits per heavy atom. The summed E-state index contributed by atoms with van der Waals surface area (Å²) in [5.41, 5.74) is 2.70. The number of nitriles is 1. The van der Waals surface area contributed by atoms with Crippen LogP contribution in [0.1, 0.15) is 47.1 Å². The van der Waals surface area contributed by atoms with Gasteiger partial charge in [-0.2, -0.15) is 5.26 Å². The van der Waals surface area contributed by atoms with Crippen LogP contribution in [-0.4, -0.2) is 74.4 Å². The topological polar surface area (TPSA) is 128 Å². The Morgan fingerprint density at radius 1 is 1.25 bits per heavy atom. The molecule has 48 heavy (non-hydrogen) atoms. The van der Waals surface area contributed by atoms with Crippen LogP contribution in [0.2, 0.25) is 5.02 Å². The minimum Gasteiger partial charge on any atom is -0.478 e. The van der Waals surface area contributed by atoms with E-state index in [1.165, 1.54) is 22.1 Å². The number of rotatable bonds is 7. The number of carboxylic acid groups (broad SMARTS) is 1. The molecule has 0 amide bonds. The molecular weight excluding hydrogens is 653 g/mol. The second-order valence-electron chi connectivity index (χ2n) is 11.7. The molecule has 6 rings (SSSR count). The van der Waals surface area contributed by atoms with E-state index in [0.29, 0.717) is 43.5 Å². The van der Waals surface area contributed by atoms with Crippen LogP contribution < -0.4 is 10.5 Å². The zero-order chi connectivity index (χ0) is 34.1. The maximum absolute atomic E-state index is 14.0. The molecule has 1 aliphatic heterocycles. The summed E-state index contributed by atoms with van der Waals surface area (Å²) in [6.45, 7) is 4.67. The van der Waals surface area contributed by atoms with Crippen molar-refractivity contribution in [1.29, 1.82) is 5.26 Å². The zero-order valence-corrected chi connectivity index (χ0v) is 28.1. The first-order chi connectivity index (χ1) is 23.1. The summed E-state index contributed by atoms with van der Waals surface area (Å²) in [5, 5.41) is 22.1. The normalized spacial score (nSPS) is 14.4. The molecule has 5 aromatic rings. The molecule has 13 heteroatoms. The van der Waals surface area contributed by atoms with E-state index in [-0.39, 0.29) is 40.7 Å². The van der Waals surface area contributed by atoms with Gasteiger partial charge < -0.3 is 10.0 Å². The van der Waals surface area contributed by atoms with Crippen LogP contribution in [0.4, 0.5) is 10.2 Å². The Balaban J connectivity index is 1.34. The first kappa shape index (κ1) is 33.0. The highest BCUT2D eigenvalue weighted by Gasteiger charge is 2.28. The highest BCUT2D eigenvalue weighted by molar-refractivity contribution is 7.18. The van der Waals surface area contributed by atoms with Gasteiger partial charge in [0.1, 0.15) is 29.9 Å². The summed E-state index contributed by atoms with van der Waals surface area (Å²) in [6.07, 6.45) is 4.65. The fourth-order valence-corrected chi connectivity index (χ4v) is 7.41. The molecule has 0 bridgehead atoms. The monoisotopic (exact) mass is 683 g/mol. The van der Waals surface area contributed by atoms with Crippen molar-refractivity contribution in [3.63, 3.8) is 0 Å². The van der Waals surface area contributed by atoms with Crippen LogP contribution in [-0.2, 0) is 6.54 Å². The first-order valence-corrected chi connectivity index (χ1v) is 16.6. The van der Waals surface area contributed by atoms with Crippen molar-refractivity contribution in [3.8, 4) is 29.0 Å². The number of pyridine rings is 2. The molecule has 1 fully saturated rings. The van der Waals surface area contributed by atoms with Crippen LogP contribution >= 0.6 is 22.9 Å². The molecule has 1 N–H and O–H groups in total. The minimum absolute atomic E-state index is 0.00712. The standard InChI is InChI=1S/C35H31ClFN7O3S/c1-20(16-37)43-13-9-24(10-14-43)42(3)33-27(17-38)30-29(18-40-33)41-21(2)44(34(30)45)12-4-5-22-6-7-23(36)15-26(22)25-8-11-39-31-28(35(46)47)19-48-32(25)31/h6-8,11,15,18-20,24H,9-10,12-14,16H2,1-3H3,(H,46,47). The Morgan fingerprint density at radius 3 is 2.73 bits per heavy atom. The second-order valence-corrected chi connectivity index (χ2v) is 13.1. The summed E-state index contributed by atoms with van der Waals surface area (Å²) in [6, 6.07) is 9.22. The predicted octanol–water partition coefficient (Wildman–Crippen LogP) is 5.91. The van der Waals surface area contributed by atoms with E-state index in [2.05, 4.69) is 37.8 Å². The third-order valence-corrected chi connectivity index (χ3v) is 10.2. The van der Waals surface area contributed by atoms with Crippen LogP contribution in [0.5, 0.6) is 0 Å². The number of aryl methyl sites for hydroxylation is 1. The molecule has 1 aliphatic rings. The molecule has 244 valence electrons. The van der Waals surface area contributed by atoms with Crippen LogP contribution in [0.15, 0.2) is 46.8 Å². The Bertz CT molecular complexity index is 2230. The quantitative estimate of drug-likeness (QED) is 0.208. The third-order valence-electron chi connectivity index (χ3n) is 8.93. The lowest BCUT2D eigenvalue weighted by Crippen LogP contribution is -2.47. The number of thiophene rings is 1.